The van der Waals surface area contributed by atoms with E-state index < -0.39 is 0 Å². The summed E-state index contributed by atoms with van der Waals surface area (Å²) in [4.78, 5) is 6.33. The first-order valence-corrected chi connectivity index (χ1v) is 6.54. The van der Waals surface area contributed by atoms with Crippen molar-refractivity contribution in [3.05, 3.63) is 46.5 Å². The number of imidazole rings is 1. The molecule has 2 heterocycles. The van der Waals surface area contributed by atoms with E-state index in [1.54, 1.807) is 11.6 Å². The highest BCUT2D eigenvalue weighted by molar-refractivity contribution is 7.71. The lowest BCUT2D eigenvalue weighted by Gasteiger charge is -2.09. The van der Waals surface area contributed by atoms with Crippen molar-refractivity contribution in [2.24, 2.45) is 7.05 Å². The molecule has 3 aromatic rings. The van der Waals surface area contributed by atoms with Gasteiger partial charge in [0.2, 0.25) is 5.88 Å². The number of hydrogen-bond donors (Lipinski definition) is 3. The topological polar surface area (TPSA) is 56.7 Å². The standard InChI is InChI=1S/C14H15N3OS/c1-8(12-13(18)17(2)14(19)16-12)10-7-15-11-6-4-3-5-9(10)11/h3-8,15,18H,1-2H3,(H,16,19). The van der Waals surface area contributed by atoms with Crippen LogP contribution in [0.2, 0.25) is 0 Å². The van der Waals surface area contributed by atoms with Gasteiger partial charge in [0.15, 0.2) is 4.77 Å². The zero-order chi connectivity index (χ0) is 13.6. The Balaban J connectivity index is 2.16. The largest absolute Gasteiger partial charge is 0.493 e. The Morgan fingerprint density at radius 1 is 1.32 bits per heavy atom. The highest BCUT2D eigenvalue weighted by atomic mass is 32.1. The summed E-state index contributed by atoms with van der Waals surface area (Å²) in [5, 5.41) is 11.3. The van der Waals surface area contributed by atoms with Gasteiger partial charge in [0.25, 0.3) is 0 Å². The SMILES string of the molecule is CC(c1[nH]c(=S)n(C)c1O)c1c[nH]c2ccccc12. The average Bonchev–Trinajstić information content (AvgIpc) is 2.95. The molecule has 0 bridgehead atoms. The van der Waals surface area contributed by atoms with E-state index in [1.807, 2.05) is 24.4 Å². The van der Waals surface area contributed by atoms with Crippen LogP contribution in [0.5, 0.6) is 5.88 Å². The molecule has 0 amide bonds. The van der Waals surface area contributed by atoms with E-state index >= 15 is 0 Å². The smallest absolute Gasteiger partial charge is 0.213 e. The van der Waals surface area contributed by atoms with Crippen LogP contribution in [0.25, 0.3) is 10.9 Å². The number of nitrogens with one attached hydrogen (secondary N) is 2. The molecular formula is C14H15N3OS. The lowest BCUT2D eigenvalue weighted by atomic mass is 9.97. The molecule has 0 saturated heterocycles. The van der Waals surface area contributed by atoms with Gasteiger partial charge >= 0.3 is 0 Å². The van der Waals surface area contributed by atoms with E-state index in [0.717, 1.165) is 22.2 Å². The molecule has 0 aliphatic carbocycles. The molecule has 0 saturated carbocycles. The second kappa shape index (κ2) is 4.28. The molecule has 19 heavy (non-hydrogen) atoms. The fourth-order valence-electron chi connectivity index (χ4n) is 2.44. The highest BCUT2D eigenvalue weighted by Gasteiger charge is 2.19. The molecular weight excluding hydrogens is 258 g/mol. The summed E-state index contributed by atoms with van der Waals surface area (Å²) >= 11 is 5.15. The van der Waals surface area contributed by atoms with Gasteiger partial charge in [-0.05, 0) is 23.8 Å². The molecule has 0 aliphatic heterocycles. The molecule has 3 N–H and O–H groups in total. The van der Waals surface area contributed by atoms with Gasteiger partial charge in [-0.15, -0.1) is 0 Å². The van der Waals surface area contributed by atoms with Crippen LogP contribution in [0.4, 0.5) is 0 Å². The molecule has 0 spiro atoms. The molecule has 1 atom stereocenters. The van der Waals surface area contributed by atoms with Crippen molar-refractivity contribution >= 4 is 23.1 Å². The summed E-state index contributed by atoms with van der Waals surface area (Å²) in [6.07, 6.45) is 1.98. The van der Waals surface area contributed by atoms with Crippen molar-refractivity contribution in [1.82, 2.24) is 14.5 Å². The van der Waals surface area contributed by atoms with Gasteiger partial charge in [0.05, 0.1) is 5.69 Å². The lowest BCUT2D eigenvalue weighted by Crippen LogP contribution is -1.96. The van der Waals surface area contributed by atoms with Crippen LogP contribution < -0.4 is 0 Å². The Morgan fingerprint density at radius 2 is 2.05 bits per heavy atom. The summed E-state index contributed by atoms with van der Waals surface area (Å²) in [5.74, 6) is 0.238. The third kappa shape index (κ3) is 1.77. The van der Waals surface area contributed by atoms with Gasteiger partial charge in [-0.2, -0.15) is 0 Å². The molecule has 0 radical (unpaired) electrons. The molecule has 3 rings (SSSR count). The Labute approximate surface area is 115 Å². The number of aromatic nitrogens is 3. The summed E-state index contributed by atoms with van der Waals surface area (Å²) in [5.41, 5.74) is 2.98. The van der Waals surface area contributed by atoms with Gasteiger partial charge in [-0.25, -0.2) is 0 Å². The molecule has 4 nitrogen and oxygen atoms in total. The van der Waals surface area contributed by atoms with E-state index in [1.165, 1.54) is 0 Å². The first kappa shape index (κ1) is 12.0. The highest BCUT2D eigenvalue weighted by Crippen LogP contribution is 2.33. The van der Waals surface area contributed by atoms with E-state index in [9.17, 15) is 5.11 Å². The van der Waals surface area contributed by atoms with Crippen LogP contribution in [0, 0.1) is 4.77 Å². The molecule has 1 unspecified atom stereocenters. The summed E-state index contributed by atoms with van der Waals surface area (Å²) in [7, 11) is 1.75. The van der Waals surface area contributed by atoms with Gasteiger partial charge in [-0.3, -0.25) is 4.57 Å². The molecule has 1 aromatic carbocycles. The maximum atomic E-state index is 10.1. The fraction of sp³-hybridized carbons (Fsp3) is 0.214. The first-order valence-electron chi connectivity index (χ1n) is 6.13. The van der Waals surface area contributed by atoms with Crippen molar-refractivity contribution in [2.75, 3.05) is 0 Å². The maximum absolute atomic E-state index is 10.1. The molecule has 98 valence electrons. The summed E-state index contributed by atoms with van der Waals surface area (Å²) < 4.78 is 2.11. The van der Waals surface area contributed by atoms with Crippen LogP contribution in [0.15, 0.2) is 30.5 Å². The normalized spacial score (nSPS) is 12.9. The second-order valence-electron chi connectivity index (χ2n) is 4.74. The summed E-state index contributed by atoms with van der Waals surface area (Å²) in [6, 6.07) is 8.13. The van der Waals surface area contributed by atoms with Crippen molar-refractivity contribution < 1.29 is 5.11 Å². The number of fused-ring (bicyclic) bond motifs is 1. The predicted octanol–water partition coefficient (Wildman–Crippen LogP) is 3.42. The molecule has 0 aliphatic rings. The van der Waals surface area contributed by atoms with E-state index in [2.05, 4.69) is 23.0 Å². The maximum Gasteiger partial charge on any atom is 0.213 e. The zero-order valence-electron chi connectivity index (χ0n) is 10.8. The van der Waals surface area contributed by atoms with Crippen molar-refractivity contribution in [3.63, 3.8) is 0 Å². The van der Waals surface area contributed by atoms with Gasteiger partial charge in [0.1, 0.15) is 0 Å². The van der Waals surface area contributed by atoms with Crippen LogP contribution in [0.1, 0.15) is 24.1 Å². The van der Waals surface area contributed by atoms with Crippen LogP contribution in [-0.4, -0.2) is 19.6 Å². The van der Waals surface area contributed by atoms with Gasteiger partial charge < -0.3 is 15.1 Å². The van der Waals surface area contributed by atoms with E-state index in [4.69, 9.17) is 12.2 Å². The number of para-hydroxylation sites is 1. The summed E-state index contributed by atoms with van der Waals surface area (Å²) in [6.45, 7) is 2.05. The van der Waals surface area contributed by atoms with Crippen LogP contribution in [0.3, 0.4) is 0 Å². The minimum Gasteiger partial charge on any atom is -0.493 e. The third-order valence-electron chi connectivity index (χ3n) is 3.63. The minimum absolute atomic E-state index is 0.0408. The van der Waals surface area contributed by atoms with Crippen LogP contribution >= 0.6 is 12.2 Å². The first-order chi connectivity index (χ1) is 9.09. The number of rotatable bonds is 2. The third-order valence-corrected chi connectivity index (χ3v) is 4.00. The number of benzene rings is 1. The van der Waals surface area contributed by atoms with E-state index in [-0.39, 0.29) is 11.8 Å². The Hall–Kier alpha value is -2.01. The minimum atomic E-state index is 0.0408. The van der Waals surface area contributed by atoms with E-state index in [0.29, 0.717) is 4.77 Å². The Kier molecular flexibility index (Phi) is 2.71. The lowest BCUT2D eigenvalue weighted by molar-refractivity contribution is 0.423. The van der Waals surface area contributed by atoms with Crippen molar-refractivity contribution in [1.29, 1.82) is 0 Å². The number of aromatic amines is 2. The monoisotopic (exact) mass is 273 g/mol. The van der Waals surface area contributed by atoms with Gasteiger partial charge in [0, 0.05) is 30.1 Å². The quantitative estimate of drug-likeness (QED) is 0.627. The second-order valence-corrected chi connectivity index (χ2v) is 5.12. The Morgan fingerprint density at radius 3 is 2.74 bits per heavy atom. The number of aromatic hydroxyl groups is 1. The molecule has 2 aromatic heterocycles. The van der Waals surface area contributed by atoms with Crippen molar-refractivity contribution in [2.45, 2.75) is 12.8 Å². The average molecular weight is 273 g/mol. The molecule has 5 heteroatoms. The number of hydrogen-bond acceptors (Lipinski definition) is 2. The van der Waals surface area contributed by atoms with Crippen LogP contribution in [-0.2, 0) is 7.05 Å². The molecule has 0 fully saturated rings. The fourth-order valence-corrected chi connectivity index (χ4v) is 2.64. The zero-order valence-corrected chi connectivity index (χ0v) is 11.6. The van der Waals surface area contributed by atoms with Crippen molar-refractivity contribution in [3.8, 4) is 5.88 Å². The van der Waals surface area contributed by atoms with Gasteiger partial charge in [-0.1, -0.05) is 25.1 Å². The Bertz CT molecular complexity index is 796. The number of nitrogens with zero attached hydrogens (tertiary/aromatic N) is 1. The predicted molar refractivity (Wildman–Crippen MR) is 78.1 cm³/mol. The number of H-pyrrole nitrogens is 2.